The van der Waals surface area contributed by atoms with Crippen LogP contribution in [0.1, 0.15) is 24.2 Å². The molecule has 0 saturated carbocycles. The number of furan rings is 1. The van der Waals surface area contributed by atoms with E-state index in [0.29, 0.717) is 18.1 Å². The number of pyridine rings is 1. The van der Waals surface area contributed by atoms with Gasteiger partial charge in [0.15, 0.2) is 0 Å². The van der Waals surface area contributed by atoms with E-state index in [4.69, 9.17) is 9.15 Å². The Morgan fingerprint density at radius 2 is 2.12 bits per heavy atom. The summed E-state index contributed by atoms with van der Waals surface area (Å²) in [5, 5.41) is 0. The first kappa shape index (κ1) is 16.8. The molecule has 2 aliphatic rings. The monoisotopic (exact) mass is 341 g/mol. The van der Waals surface area contributed by atoms with Gasteiger partial charge in [-0.05, 0) is 55.6 Å². The first-order chi connectivity index (χ1) is 12.3. The second-order valence-electron chi connectivity index (χ2n) is 7.35. The third kappa shape index (κ3) is 3.94. The Morgan fingerprint density at radius 1 is 1.24 bits per heavy atom. The predicted octanol–water partition coefficient (Wildman–Crippen LogP) is 2.79. The second kappa shape index (κ2) is 7.68. The Hall–Kier alpha value is -1.69. The first-order valence-electron chi connectivity index (χ1n) is 9.25. The molecule has 0 amide bonds. The van der Waals surface area contributed by atoms with E-state index >= 15 is 0 Å². The van der Waals surface area contributed by atoms with Crippen molar-refractivity contribution in [2.24, 2.45) is 5.92 Å². The third-order valence-corrected chi connectivity index (χ3v) is 5.52. The number of likely N-dealkylation sites (N-methyl/N-ethyl adjacent to an activating group) is 1. The third-order valence-electron chi connectivity index (χ3n) is 5.52. The van der Waals surface area contributed by atoms with Gasteiger partial charge in [-0.15, -0.1) is 0 Å². The Morgan fingerprint density at radius 3 is 2.92 bits per heavy atom. The van der Waals surface area contributed by atoms with Gasteiger partial charge in [-0.1, -0.05) is 0 Å². The fourth-order valence-corrected chi connectivity index (χ4v) is 4.29. The molecule has 2 fully saturated rings. The van der Waals surface area contributed by atoms with Crippen LogP contribution < -0.4 is 0 Å². The molecule has 4 rings (SSSR count). The van der Waals surface area contributed by atoms with Crippen molar-refractivity contribution in [3.8, 4) is 0 Å². The zero-order valence-electron chi connectivity index (χ0n) is 14.9. The van der Waals surface area contributed by atoms with Crippen molar-refractivity contribution in [1.82, 2.24) is 14.8 Å². The fourth-order valence-electron chi connectivity index (χ4n) is 4.29. The molecule has 5 nitrogen and oxygen atoms in total. The zero-order valence-corrected chi connectivity index (χ0v) is 14.9. The summed E-state index contributed by atoms with van der Waals surface area (Å²) in [7, 11) is 2.19. The van der Waals surface area contributed by atoms with Gasteiger partial charge in [0.25, 0.3) is 0 Å². The molecule has 25 heavy (non-hydrogen) atoms. The Labute approximate surface area is 149 Å². The normalized spacial score (nSPS) is 27.4. The molecule has 0 aromatic carbocycles. The summed E-state index contributed by atoms with van der Waals surface area (Å²) in [5.41, 5.74) is 1.33. The molecule has 5 heteroatoms. The van der Waals surface area contributed by atoms with Crippen LogP contribution in [0.3, 0.4) is 0 Å². The number of aromatic nitrogens is 1. The predicted molar refractivity (Wildman–Crippen MR) is 95.9 cm³/mol. The molecule has 2 aliphatic heterocycles. The molecule has 4 heterocycles. The van der Waals surface area contributed by atoms with Crippen LogP contribution in [0.25, 0.3) is 0 Å². The van der Waals surface area contributed by atoms with Crippen LogP contribution in [-0.4, -0.2) is 53.7 Å². The van der Waals surface area contributed by atoms with Gasteiger partial charge in [-0.3, -0.25) is 14.8 Å². The summed E-state index contributed by atoms with van der Waals surface area (Å²) < 4.78 is 11.8. The van der Waals surface area contributed by atoms with E-state index in [1.807, 2.05) is 24.5 Å². The minimum Gasteiger partial charge on any atom is -0.468 e. The van der Waals surface area contributed by atoms with E-state index in [1.165, 1.54) is 18.4 Å². The van der Waals surface area contributed by atoms with Gasteiger partial charge in [0.1, 0.15) is 5.76 Å². The molecule has 2 aromatic rings. The average Bonchev–Trinajstić information content (AvgIpc) is 3.15. The first-order valence-corrected chi connectivity index (χ1v) is 9.25. The highest BCUT2D eigenvalue weighted by Gasteiger charge is 2.41. The molecule has 2 aromatic heterocycles. The summed E-state index contributed by atoms with van der Waals surface area (Å²) in [4.78, 5) is 9.11. The molecular formula is C20H27N3O2. The Kier molecular flexibility index (Phi) is 5.15. The number of fused-ring (bicyclic) bond motifs is 1. The van der Waals surface area contributed by atoms with E-state index < -0.39 is 0 Å². The SMILES string of the molecule is CN(Cc1ccco1)[C@@H]1CN(Cc2ccncc2)C[C@@H]2CCCO[C@@H]21. The average molecular weight is 341 g/mol. The van der Waals surface area contributed by atoms with E-state index in [9.17, 15) is 0 Å². The van der Waals surface area contributed by atoms with Gasteiger partial charge in [-0.25, -0.2) is 0 Å². The molecule has 134 valence electrons. The number of likely N-dealkylation sites (tertiary alicyclic amines) is 1. The number of piperidine rings is 1. The van der Waals surface area contributed by atoms with Crippen molar-refractivity contribution in [1.29, 1.82) is 0 Å². The van der Waals surface area contributed by atoms with Crippen LogP contribution in [0.5, 0.6) is 0 Å². The molecule has 0 aliphatic carbocycles. The lowest BCUT2D eigenvalue weighted by molar-refractivity contribution is -0.113. The quantitative estimate of drug-likeness (QED) is 0.836. The van der Waals surface area contributed by atoms with Crippen molar-refractivity contribution < 1.29 is 9.15 Å². The second-order valence-corrected chi connectivity index (χ2v) is 7.35. The van der Waals surface area contributed by atoms with Crippen molar-refractivity contribution in [3.05, 3.63) is 54.2 Å². The molecule has 0 unspecified atom stereocenters. The fraction of sp³-hybridized carbons (Fsp3) is 0.550. The minimum absolute atomic E-state index is 0.336. The van der Waals surface area contributed by atoms with Crippen molar-refractivity contribution in [3.63, 3.8) is 0 Å². The van der Waals surface area contributed by atoms with E-state index in [-0.39, 0.29) is 0 Å². The Bertz CT molecular complexity index is 646. The maximum atomic E-state index is 6.22. The van der Waals surface area contributed by atoms with Gasteiger partial charge >= 0.3 is 0 Å². The summed E-state index contributed by atoms with van der Waals surface area (Å²) >= 11 is 0. The van der Waals surface area contributed by atoms with Crippen LogP contribution in [0.4, 0.5) is 0 Å². The Balaban J connectivity index is 1.48. The standard InChI is InChI=1S/C20H27N3O2/c1-22(14-18-5-3-10-24-18)19-15-23(12-16-6-8-21-9-7-16)13-17-4-2-11-25-20(17)19/h3,5-10,17,19-20H,2,4,11-15H2,1H3/t17-,19+,20-/m0/s1. The molecule has 3 atom stereocenters. The molecule has 0 N–H and O–H groups in total. The lowest BCUT2D eigenvalue weighted by Gasteiger charge is -2.48. The topological polar surface area (TPSA) is 41.7 Å². The number of rotatable bonds is 5. The van der Waals surface area contributed by atoms with Crippen molar-refractivity contribution in [2.75, 3.05) is 26.7 Å². The summed E-state index contributed by atoms with van der Waals surface area (Å²) in [6.07, 6.45) is 8.29. The van der Waals surface area contributed by atoms with Gasteiger partial charge in [0.05, 0.1) is 18.9 Å². The van der Waals surface area contributed by atoms with Gasteiger partial charge in [0, 0.05) is 44.7 Å². The van der Waals surface area contributed by atoms with Crippen molar-refractivity contribution in [2.45, 2.75) is 38.1 Å². The molecule has 0 bridgehead atoms. The number of hydrogen-bond donors (Lipinski definition) is 0. The number of nitrogens with zero attached hydrogens (tertiary/aromatic N) is 3. The van der Waals surface area contributed by atoms with Crippen LogP contribution in [0, 0.1) is 5.92 Å². The highest BCUT2D eigenvalue weighted by molar-refractivity contribution is 5.10. The number of hydrogen-bond acceptors (Lipinski definition) is 5. The lowest BCUT2D eigenvalue weighted by Crippen LogP contribution is -2.59. The summed E-state index contributed by atoms with van der Waals surface area (Å²) in [6.45, 7) is 4.86. The zero-order chi connectivity index (χ0) is 17.1. The van der Waals surface area contributed by atoms with Crippen LogP contribution in [0.15, 0.2) is 47.3 Å². The van der Waals surface area contributed by atoms with Gasteiger partial charge < -0.3 is 9.15 Å². The van der Waals surface area contributed by atoms with Crippen molar-refractivity contribution >= 4 is 0 Å². The highest BCUT2D eigenvalue weighted by atomic mass is 16.5. The smallest absolute Gasteiger partial charge is 0.117 e. The maximum absolute atomic E-state index is 6.22. The van der Waals surface area contributed by atoms with E-state index in [0.717, 1.165) is 38.5 Å². The molecule has 2 saturated heterocycles. The number of ether oxygens (including phenoxy) is 1. The molecule has 0 spiro atoms. The largest absolute Gasteiger partial charge is 0.468 e. The molecular weight excluding hydrogens is 314 g/mol. The summed E-state index contributed by atoms with van der Waals surface area (Å²) in [5.74, 6) is 1.63. The van der Waals surface area contributed by atoms with Gasteiger partial charge in [-0.2, -0.15) is 0 Å². The highest BCUT2D eigenvalue weighted by Crippen LogP contribution is 2.32. The minimum atomic E-state index is 0.336. The van der Waals surface area contributed by atoms with Crippen LogP contribution in [-0.2, 0) is 17.8 Å². The van der Waals surface area contributed by atoms with E-state index in [1.54, 1.807) is 6.26 Å². The maximum Gasteiger partial charge on any atom is 0.117 e. The molecule has 0 radical (unpaired) electrons. The van der Waals surface area contributed by atoms with Gasteiger partial charge in [0.2, 0.25) is 0 Å². The van der Waals surface area contributed by atoms with E-state index in [2.05, 4.69) is 34.0 Å². The van der Waals surface area contributed by atoms with Crippen LogP contribution in [0.2, 0.25) is 0 Å². The summed E-state index contributed by atoms with van der Waals surface area (Å²) in [6, 6.07) is 8.63. The lowest BCUT2D eigenvalue weighted by atomic mass is 9.84. The van der Waals surface area contributed by atoms with Crippen LogP contribution >= 0.6 is 0 Å².